The molecule has 0 bridgehead atoms. The smallest absolute Gasteiger partial charge is 0.395 e. The molecule has 0 saturated heterocycles. The van der Waals surface area contributed by atoms with Gasteiger partial charge in [-0.15, -0.1) is 0 Å². The summed E-state index contributed by atoms with van der Waals surface area (Å²) in [5.74, 6) is 0. The maximum Gasteiger partial charge on any atom is 0.405 e. The number of unbranched alkanes of at least 4 members (excludes halogenated alkanes) is 11. The molecule has 0 aliphatic rings. The molecule has 0 aliphatic heterocycles. The first-order chi connectivity index (χ1) is 13.0. The van der Waals surface area contributed by atoms with Crippen LogP contribution in [0.15, 0.2) is 12.2 Å². The van der Waals surface area contributed by atoms with E-state index in [0.29, 0.717) is 0 Å². The Balaban J connectivity index is 3.75. The van der Waals surface area contributed by atoms with Gasteiger partial charge in [-0.3, -0.25) is 0 Å². The van der Waals surface area contributed by atoms with E-state index in [1.54, 1.807) is 6.08 Å². The van der Waals surface area contributed by atoms with Crippen LogP contribution >= 0.6 is 7.75 Å². The van der Waals surface area contributed by atoms with Crippen molar-refractivity contribution < 1.29 is 23.8 Å². The fourth-order valence-electron chi connectivity index (χ4n) is 2.90. The highest BCUT2D eigenvalue weighted by Gasteiger charge is 2.28. The maximum atomic E-state index is 12.0. The van der Waals surface area contributed by atoms with Gasteiger partial charge in [0, 0.05) is 14.2 Å². The molecule has 27 heavy (non-hydrogen) atoms. The van der Waals surface area contributed by atoms with Crippen molar-refractivity contribution in [2.75, 3.05) is 20.8 Å². The topological polar surface area (TPSA) is 88.0 Å². The van der Waals surface area contributed by atoms with Gasteiger partial charge in [0.25, 0.3) is 0 Å². The molecule has 0 saturated carbocycles. The van der Waals surface area contributed by atoms with E-state index in [2.05, 4.69) is 12.0 Å². The lowest BCUT2D eigenvalue weighted by Crippen LogP contribution is -2.40. The third-order valence-corrected chi connectivity index (χ3v) is 6.33. The minimum Gasteiger partial charge on any atom is -0.395 e. The molecule has 0 spiro atoms. The predicted octanol–water partition coefficient (Wildman–Crippen LogP) is 4.96. The van der Waals surface area contributed by atoms with Crippen LogP contribution in [0.1, 0.15) is 84.0 Å². The fourth-order valence-corrected chi connectivity index (χ4v) is 3.90. The van der Waals surface area contributed by atoms with E-state index < -0.39 is 19.9 Å². The molecule has 0 aromatic carbocycles. The molecule has 0 fully saturated rings. The van der Waals surface area contributed by atoms with Gasteiger partial charge in [0.2, 0.25) is 0 Å². The summed E-state index contributed by atoms with van der Waals surface area (Å²) in [5, 5.41) is 22.0. The van der Waals surface area contributed by atoms with E-state index in [1.807, 2.05) is 6.08 Å². The number of aliphatic hydroxyl groups excluding tert-OH is 2. The summed E-state index contributed by atoms with van der Waals surface area (Å²) in [5.41, 5.74) is 0. The molecule has 0 aromatic rings. The first-order valence-electron chi connectivity index (χ1n) is 10.5. The van der Waals surface area contributed by atoms with E-state index in [1.165, 1.54) is 78.4 Å². The minimum atomic E-state index is -3.48. The molecule has 7 heteroatoms. The molecular weight excluding hydrogens is 365 g/mol. The van der Waals surface area contributed by atoms with Crippen LogP contribution in [-0.4, -0.2) is 43.2 Å². The zero-order chi connectivity index (χ0) is 20.4. The van der Waals surface area contributed by atoms with E-state index >= 15 is 0 Å². The molecule has 0 heterocycles. The van der Waals surface area contributed by atoms with Gasteiger partial charge in [-0.25, -0.2) is 9.65 Å². The zero-order valence-electron chi connectivity index (χ0n) is 17.6. The van der Waals surface area contributed by atoms with Crippen molar-refractivity contribution in [2.24, 2.45) is 0 Å². The van der Waals surface area contributed by atoms with Crippen molar-refractivity contribution >= 4 is 7.75 Å². The molecule has 0 unspecified atom stereocenters. The molecular formula is C20H42NO5P. The summed E-state index contributed by atoms with van der Waals surface area (Å²) >= 11 is 0. The Hall–Kier alpha value is -0.230. The average molecular weight is 408 g/mol. The summed E-state index contributed by atoms with van der Waals surface area (Å²) in [6, 6.07) is -0.802. The standard InChI is InChI=1S/C20H42NO5P/c1-4-5-6-7-8-9-10-11-12-13-14-15-16-17-20(23)19(18-22)21-27(24,25-2)26-3/h16-17,19-20,22-23H,4-15,18H2,1-3H3,(H,21,24)/b17-16+/t19-,20+/m0/s1. The molecule has 162 valence electrons. The highest BCUT2D eigenvalue weighted by Crippen LogP contribution is 2.42. The molecule has 0 aromatic heterocycles. The summed E-state index contributed by atoms with van der Waals surface area (Å²) < 4.78 is 21.5. The van der Waals surface area contributed by atoms with Crippen LogP contribution in [-0.2, 0) is 13.6 Å². The predicted molar refractivity (Wildman–Crippen MR) is 112 cm³/mol. The van der Waals surface area contributed by atoms with Crippen LogP contribution in [0.25, 0.3) is 0 Å². The Morgan fingerprint density at radius 1 is 0.926 bits per heavy atom. The van der Waals surface area contributed by atoms with Gasteiger partial charge in [0.1, 0.15) is 0 Å². The van der Waals surface area contributed by atoms with Gasteiger partial charge in [-0.2, -0.15) is 0 Å². The fraction of sp³-hybridized carbons (Fsp3) is 0.900. The number of hydrogen-bond acceptors (Lipinski definition) is 5. The Kier molecular flexibility index (Phi) is 17.7. The Labute approximate surface area is 166 Å². The zero-order valence-corrected chi connectivity index (χ0v) is 18.5. The minimum absolute atomic E-state index is 0.374. The number of aliphatic hydroxyl groups is 2. The summed E-state index contributed by atoms with van der Waals surface area (Å²) in [7, 11) is -0.982. The third-order valence-electron chi connectivity index (χ3n) is 4.72. The Bertz CT molecular complexity index is 398. The number of hydrogen-bond donors (Lipinski definition) is 3. The van der Waals surface area contributed by atoms with Crippen molar-refractivity contribution in [3.63, 3.8) is 0 Å². The summed E-state index contributed by atoms with van der Waals surface area (Å²) in [6.45, 7) is 1.87. The van der Waals surface area contributed by atoms with Crippen LogP contribution < -0.4 is 5.09 Å². The average Bonchev–Trinajstić information content (AvgIpc) is 2.69. The molecule has 6 nitrogen and oxygen atoms in total. The summed E-state index contributed by atoms with van der Waals surface area (Å²) in [6.07, 6.45) is 17.8. The molecule has 0 amide bonds. The first-order valence-corrected chi connectivity index (χ1v) is 12.0. The highest BCUT2D eigenvalue weighted by atomic mass is 31.2. The van der Waals surface area contributed by atoms with Crippen LogP contribution in [0.4, 0.5) is 0 Å². The van der Waals surface area contributed by atoms with E-state index in [9.17, 15) is 14.8 Å². The molecule has 2 atom stereocenters. The van der Waals surface area contributed by atoms with Crippen LogP contribution in [0, 0.1) is 0 Å². The maximum absolute atomic E-state index is 12.0. The van der Waals surface area contributed by atoms with Crippen molar-refractivity contribution in [3.8, 4) is 0 Å². The summed E-state index contributed by atoms with van der Waals surface area (Å²) in [4.78, 5) is 0. The second-order valence-corrected chi connectivity index (χ2v) is 9.01. The molecule has 0 aliphatic carbocycles. The number of allylic oxidation sites excluding steroid dienone is 1. The van der Waals surface area contributed by atoms with Crippen molar-refractivity contribution in [3.05, 3.63) is 12.2 Å². The van der Waals surface area contributed by atoms with Gasteiger partial charge in [0.05, 0.1) is 18.8 Å². The van der Waals surface area contributed by atoms with Gasteiger partial charge >= 0.3 is 7.75 Å². The lowest BCUT2D eigenvalue weighted by atomic mass is 10.0. The largest absolute Gasteiger partial charge is 0.405 e. The second-order valence-electron chi connectivity index (χ2n) is 7.02. The van der Waals surface area contributed by atoms with Crippen LogP contribution in [0.3, 0.4) is 0 Å². The Morgan fingerprint density at radius 3 is 1.85 bits per heavy atom. The molecule has 3 N–H and O–H groups in total. The van der Waals surface area contributed by atoms with Crippen LogP contribution in [0.2, 0.25) is 0 Å². The second kappa shape index (κ2) is 17.8. The van der Waals surface area contributed by atoms with Gasteiger partial charge in [-0.1, -0.05) is 83.3 Å². The SMILES string of the molecule is CCCCCCCCCCCCC/C=C/[C@@H](O)[C@H](CO)NP(=O)(OC)OC. The lowest BCUT2D eigenvalue weighted by Gasteiger charge is -2.23. The van der Waals surface area contributed by atoms with E-state index in [4.69, 9.17) is 9.05 Å². The molecule has 0 radical (unpaired) electrons. The number of nitrogens with one attached hydrogen (secondary N) is 1. The van der Waals surface area contributed by atoms with Crippen molar-refractivity contribution in [1.82, 2.24) is 5.09 Å². The van der Waals surface area contributed by atoms with Gasteiger partial charge in [-0.05, 0) is 12.8 Å². The normalized spacial score (nSPS) is 14.7. The third kappa shape index (κ3) is 14.4. The van der Waals surface area contributed by atoms with Crippen molar-refractivity contribution in [2.45, 2.75) is 96.1 Å². The lowest BCUT2D eigenvalue weighted by molar-refractivity contribution is 0.126. The first kappa shape index (κ1) is 26.8. The molecule has 0 rings (SSSR count). The van der Waals surface area contributed by atoms with Crippen LogP contribution in [0.5, 0.6) is 0 Å². The van der Waals surface area contributed by atoms with Crippen molar-refractivity contribution in [1.29, 1.82) is 0 Å². The quantitative estimate of drug-likeness (QED) is 0.159. The Morgan fingerprint density at radius 2 is 1.41 bits per heavy atom. The monoisotopic (exact) mass is 407 g/mol. The van der Waals surface area contributed by atoms with E-state index in [0.717, 1.165) is 12.8 Å². The number of rotatable bonds is 19. The highest BCUT2D eigenvalue weighted by molar-refractivity contribution is 7.51. The van der Waals surface area contributed by atoms with E-state index in [-0.39, 0.29) is 6.61 Å². The van der Waals surface area contributed by atoms with Gasteiger partial charge < -0.3 is 19.3 Å². The van der Waals surface area contributed by atoms with Gasteiger partial charge in [0.15, 0.2) is 0 Å².